The molecule has 1 aliphatic carbocycles. The summed E-state index contributed by atoms with van der Waals surface area (Å²) in [7, 11) is 1.27. The third-order valence-electron chi connectivity index (χ3n) is 4.24. The summed E-state index contributed by atoms with van der Waals surface area (Å²) in [6.45, 7) is 0. The Balaban J connectivity index is 2.04. The van der Waals surface area contributed by atoms with Crippen LogP contribution in [0.5, 0.6) is 0 Å². The van der Waals surface area contributed by atoms with E-state index in [0.717, 1.165) is 28.3 Å². The molecule has 0 aliphatic heterocycles. The molecule has 1 atom stereocenters. The average Bonchev–Trinajstić information content (AvgIpc) is 3.09. The van der Waals surface area contributed by atoms with Crippen LogP contribution in [0.15, 0.2) is 24.3 Å². The molecule has 0 radical (unpaired) electrons. The number of benzene rings is 1. The van der Waals surface area contributed by atoms with Gasteiger partial charge in [-0.15, -0.1) is 11.3 Å². The summed E-state index contributed by atoms with van der Waals surface area (Å²) in [4.78, 5) is 25.3. The summed E-state index contributed by atoms with van der Waals surface area (Å²) in [6, 6.07) is 4.62. The summed E-state index contributed by atoms with van der Waals surface area (Å²) in [5.41, 5.74) is 5.09. The highest BCUT2D eigenvalue weighted by Crippen LogP contribution is 2.42. The fraction of sp³-hybridized carbons (Fsp3) is 0.294. The minimum atomic E-state index is -4.64. The first-order valence-corrected chi connectivity index (χ1v) is 8.24. The summed E-state index contributed by atoms with van der Waals surface area (Å²) >= 11 is 1.14. The van der Waals surface area contributed by atoms with E-state index in [1.54, 1.807) is 0 Å². The van der Waals surface area contributed by atoms with Gasteiger partial charge in [-0.1, -0.05) is 18.2 Å². The molecule has 2 aromatic rings. The number of esters is 1. The summed E-state index contributed by atoms with van der Waals surface area (Å²) < 4.78 is 44.3. The van der Waals surface area contributed by atoms with Gasteiger partial charge in [0.25, 0.3) is 0 Å². The lowest BCUT2D eigenvalue weighted by atomic mass is 9.95. The molecule has 0 bridgehead atoms. The van der Waals surface area contributed by atoms with Crippen molar-refractivity contribution in [3.8, 4) is 0 Å². The number of halogens is 3. The van der Waals surface area contributed by atoms with E-state index in [1.165, 1.54) is 19.2 Å². The average molecular weight is 369 g/mol. The van der Waals surface area contributed by atoms with Crippen LogP contribution >= 0.6 is 11.3 Å². The summed E-state index contributed by atoms with van der Waals surface area (Å²) in [5.74, 6) is -1.61. The van der Waals surface area contributed by atoms with E-state index in [2.05, 4.69) is 0 Å². The molecule has 3 rings (SSSR count). The van der Waals surface area contributed by atoms with Gasteiger partial charge in [0, 0.05) is 10.4 Å². The van der Waals surface area contributed by atoms with Gasteiger partial charge in [-0.05, 0) is 24.5 Å². The van der Waals surface area contributed by atoms with E-state index in [4.69, 9.17) is 10.5 Å². The predicted octanol–water partition coefficient (Wildman–Crippen LogP) is 3.47. The molecular weight excluding hydrogens is 355 g/mol. The first kappa shape index (κ1) is 17.5. The van der Waals surface area contributed by atoms with Crippen molar-refractivity contribution in [2.24, 2.45) is 5.92 Å². The normalized spacial score (nSPS) is 16.6. The number of carbonyl (C=O) groups is 2. The number of hydrogen-bond donors (Lipinski definition) is 1. The highest BCUT2D eigenvalue weighted by atomic mass is 32.1. The predicted molar refractivity (Wildman–Crippen MR) is 86.5 cm³/mol. The Morgan fingerprint density at radius 1 is 1.24 bits per heavy atom. The van der Waals surface area contributed by atoms with E-state index in [-0.39, 0.29) is 17.0 Å². The van der Waals surface area contributed by atoms with Crippen molar-refractivity contribution in [2.45, 2.75) is 19.0 Å². The van der Waals surface area contributed by atoms with E-state index in [0.29, 0.717) is 12.0 Å². The largest absolute Gasteiger partial charge is 0.469 e. The number of nitrogens with two attached hydrogens (primary N) is 1. The first-order chi connectivity index (χ1) is 11.7. The van der Waals surface area contributed by atoms with Crippen molar-refractivity contribution >= 4 is 28.1 Å². The smallest absolute Gasteiger partial charge is 0.417 e. The summed E-state index contributed by atoms with van der Waals surface area (Å²) in [6.07, 6.45) is -4.02. The monoisotopic (exact) mass is 369 g/mol. The van der Waals surface area contributed by atoms with Crippen LogP contribution in [-0.2, 0) is 28.5 Å². The Morgan fingerprint density at radius 3 is 2.56 bits per heavy atom. The number of nitrogen functional groups attached to an aromatic ring is 1. The second kappa shape index (κ2) is 6.18. The number of ketones is 1. The maximum atomic E-state index is 13.2. The number of thiophene rings is 1. The molecule has 25 heavy (non-hydrogen) atoms. The van der Waals surface area contributed by atoms with Gasteiger partial charge in [-0.25, -0.2) is 0 Å². The van der Waals surface area contributed by atoms with Gasteiger partial charge >= 0.3 is 12.1 Å². The van der Waals surface area contributed by atoms with Crippen LogP contribution in [0.4, 0.5) is 18.2 Å². The van der Waals surface area contributed by atoms with Gasteiger partial charge in [0.1, 0.15) is 0 Å². The van der Waals surface area contributed by atoms with E-state index in [9.17, 15) is 22.8 Å². The molecule has 0 spiro atoms. The van der Waals surface area contributed by atoms with Gasteiger partial charge in [0.15, 0.2) is 5.78 Å². The highest BCUT2D eigenvalue weighted by Gasteiger charge is 2.38. The van der Waals surface area contributed by atoms with Crippen molar-refractivity contribution in [3.05, 3.63) is 51.4 Å². The molecule has 0 amide bonds. The second-order valence-electron chi connectivity index (χ2n) is 5.74. The number of methoxy groups -OCH3 is 1. The van der Waals surface area contributed by atoms with Gasteiger partial charge in [-0.2, -0.15) is 13.2 Å². The van der Waals surface area contributed by atoms with Gasteiger partial charge in [0.05, 0.1) is 29.2 Å². The van der Waals surface area contributed by atoms with Crippen LogP contribution < -0.4 is 5.73 Å². The molecule has 1 aromatic heterocycles. The zero-order valence-corrected chi connectivity index (χ0v) is 14.0. The van der Waals surface area contributed by atoms with Gasteiger partial charge in [-0.3, -0.25) is 9.59 Å². The third-order valence-corrected chi connectivity index (χ3v) is 5.32. The maximum Gasteiger partial charge on any atom is 0.417 e. The van der Waals surface area contributed by atoms with E-state index in [1.807, 2.05) is 0 Å². The molecule has 1 aliphatic rings. The SMILES string of the molecule is COC(=O)C1Cc2sc(N)c(C(=O)c3ccccc3C(F)(F)F)c2C1. The standard InChI is InChI=1S/C17H14F3NO3S/c1-24-16(23)8-6-10-12(7-8)25-15(21)13(10)14(22)9-4-2-3-5-11(9)17(18,19)20/h2-5,8H,6-7,21H2,1H3. The molecule has 0 saturated heterocycles. The van der Waals surface area contributed by atoms with Crippen molar-refractivity contribution in [3.63, 3.8) is 0 Å². The van der Waals surface area contributed by atoms with Gasteiger partial charge in [0.2, 0.25) is 0 Å². The minimum absolute atomic E-state index is 0.0723. The maximum absolute atomic E-state index is 13.2. The third kappa shape index (κ3) is 3.02. The minimum Gasteiger partial charge on any atom is -0.469 e. The van der Waals surface area contributed by atoms with Crippen molar-refractivity contribution in [1.82, 2.24) is 0 Å². The Hall–Kier alpha value is -2.35. The zero-order valence-electron chi connectivity index (χ0n) is 13.1. The lowest BCUT2D eigenvalue weighted by Crippen LogP contribution is -2.18. The molecule has 1 aromatic carbocycles. The fourth-order valence-corrected chi connectivity index (χ4v) is 4.28. The zero-order chi connectivity index (χ0) is 18.4. The number of hydrogen-bond acceptors (Lipinski definition) is 5. The molecular formula is C17H14F3NO3S. The van der Waals surface area contributed by atoms with Crippen LogP contribution in [0.25, 0.3) is 0 Å². The topological polar surface area (TPSA) is 69.4 Å². The van der Waals surface area contributed by atoms with E-state index >= 15 is 0 Å². The van der Waals surface area contributed by atoms with Crippen LogP contribution in [0.3, 0.4) is 0 Å². The molecule has 2 N–H and O–H groups in total. The number of carbonyl (C=O) groups excluding carboxylic acids is 2. The number of fused-ring (bicyclic) bond motifs is 1. The molecule has 8 heteroatoms. The first-order valence-electron chi connectivity index (χ1n) is 7.42. The molecule has 0 fully saturated rings. The van der Waals surface area contributed by atoms with Crippen molar-refractivity contribution in [1.29, 1.82) is 0 Å². The molecule has 1 heterocycles. The summed E-state index contributed by atoms with van der Waals surface area (Å²) in [5, 5.41) is 0.176. The Morgan fingerprint density at radius 2 is 1.92 bits per heavy atom. The molecule has 0 saturated carbocycles. The Kier molecular flexibility index (Phi) is 4.32. The highest BCUT2D eigenvalue weighted by molar-refractivity contribution is 7.16. The lowest BCUT2D eigenvalue weighted by Gasteiger charge is -2.12. The van der Waals surface area contributed by atoms with Crippen LogP contribution in [-0.4, -0.2) is 18.9 Å². The number of rotatable bonds is 3. The Labute approximate surface area is 145 Å². The van der Waals surface area contributed by atoms with Crippen LogP contribution in [0.2, 0.25) is 0 Å². The van der Waals surface area contributed by atoms with Gasteiger partial charge < -0.3 is 10.5 Å². The number of ether oxygens (including phenoxy) is 1. The quantitative estimate of drug-likeness (QED) is 0.664. The van der Waals surface area contributed by atoms with Crippen molar-refractivity contribution < 1.29 is 27.5 Å². The molecule has 132 valence electrons. The van der Waals surface area contributed by atoms with Crippen molar-refractivity contribution in [2.75, 3.05) is 12.8 Å². The van der Waals surface area contributed by atoms with Crippen LogP contribution in [0.1, 0.15) is 31.9 Å². The fourth-order valence-electron chi connectivity index (χ4n) is 3.10. The second-order valence-corrected chi connectivity index (χ2v) is 6.88. The van der Waals surface area contributed by atoms with E-state index < -0.39 is 35.0 Å². The number of anilines is 1. The van der Waals surface area contributed by atoms with Crippen LogP contribution in [0, 0.1) is 5.92 Å². The lowest BCUT2D eigenvalue weighted by molar-refractivity contribution is -0.145. The molecule has 4 nitrogen and oxygen atoms in total. The number of alkyl halides is 3. The Bertz CT molecular complexity index is 857. The molecule has 1 unspecified atom stereocenters.